The summed E-state index contributed by atoms with van der Waals surface area (Å²) in [4.78, 5) is 11.7. The third kappa shape index (κ3) is 4.23. The van der Waals surface area contributed by atoms with E-state index in [2.05, 4.69) is 13.8 Å². The third-order valence-electron chi connectivity index (χ3n) is 4.69. The van der Waals surface area contributed by atoms with Crippen LogP contribution in [0.5, 0.6) is 5.75 Å². The van der Waals surface area contributed by atoms with E-state index in [1.54, 1.807) is 7.11 Å². The zero-order valence-corrected chi connectivity index (χ0v) is 13.2. The van der Waals surface area contributed by atoms with Crippen LogP contribution in [0.1, 0.15) is 38.7 Å². The topological polar surface area (TPSA) is 46.5 Å². The summed E-state index contributed by atoms with van der Waals surface area (Å²) in [6, 6.07) is 7.77. The lowest BCUT2D eigenvalue weighted by Gasteiger charge is -2.35. The summed E-state index contributed by atoms with van der Waals surface area (Å²) in [5.74, 6) is 1.39. The van der Waals surface area contributed by atoms with E-state index in [4.69, 9.17) is 4.74 Å². The average molecular weight is 290 g/mol. The van der Waals surface area contributed by atoms with Crippen LogP contribution in [0.25, 0.3) is 0 Å². The van der Waals surface area contributed by atoms with Crippen LogP contribution in [0.3, 0.4) is 0 Å². The van der Waals surface area contributed by atoms with Gasteiger partial charge in [-0.3, -0.25) is 4.79 Å². The van der Waals surface area contributed by atoms with Crippen LogP contribution in [0.15, 0.2) is 24.3 Å². The molecule has 1 aromatic carbocycles. The Morgan fingerprint density at radius 2 is 1.95 bits per heavy atom. The van der Waals surface area contributed by atoms with Gasteiger partial charge >= 0.3 is 5.97 Å². The number of hydrogen-bond acceptors (Lipinski definition) is 2. The standard InChI is InChI=1S/C18H26O3/c1-12-7-13(2)9-15(8-12)17(18(19)20)11-14-5-4-6-16(10-14)21-3/h4-6,10,12-13,15,17H,7-9,11H2,1-3H3,(H,19,20). The van der Waals surface area contributed by atoms with Crippen molar-refractivity contribution in [2.75, 3.05) is 7.11 Å². The van der Waals surface area contributed by atoms with E-state index < -0.39 is 5.97 Å². The minimum absolute atomic E-state index is 0.285. The molecule has 1 N–H and O–H groups in total. The number of aliphatic carboxylic acids is 1. The third-order valence-corrected chi connectivity index (χ3v) is 4.69. The average Bonchev–Trinajstić information content (AvgIpc) is 2.43. The van der Waals surface area contributed by atoms with Gasteiger partial charge in [0.05, 0.1) is 13.0 Å². The number of rotatable bonds is 5. The maximum absolute atomic E-state index is 11.7. The van der Waals surface area contributed by atoms with Gasteiger partial charge < -0.3 is 9.84 Å². The van der Waals surface area contributed by atoms with E-state index in [1.807, 2.05) is 24.3 Å². The summed E-state index contributed by atoms with van der Waals surface area (Å²) in [6.45, 7) is 4.49. The first-order valence-corrected chi connectivity index (χ1v) is 7.85. The molecule has 0 saturated heterocycles. The molecule has 1 aromatic rings. The van der Waals surface area contributed by atoms with E-state index in [9.17, 15) is 9.90 Å². The van der Waals surface area contributed by atoms with Crippen molar-refractivity contribution in [1.82, 2.24) is 0 Å². The van der Waals surface area contributed by atoms with Gasteiger partial charge in [0, 0.05) is 0 Å². The number of carboxylic acid groups (broad SMARTS) is 1. The molecule has 0 spiro atoms. The van der Waals surface area contributed by atoms with Crippen molar-refractivity contribution in [2.24, 2.45) is 23.7 Å². The summed E-state index contributed by atoms with van der Waals surface area (Å²) >= 11 is 0. The van der Waals surface area contributed by atoms with Gasteiger partial charge in [0.2, 0.25) is 0 Å². The molecule has 0 bridgehead atoms. The van der Waals surface area contributed by atoms with Crippen molar-refractivity contribution in [2.45, 2.75) is 39.5 Å². The second-order valence-corrected chi connectivity index (χ2v) is 6.68. The summed E-state index contributed by atoms with van der Waals surface area (Å²) in [5, 5.41) is 9.65. The quantitative estimate of drug-likeness (QED) is 0.891. The number of methoxy groups -OCH3 is 1. The van der Waals surface area contributed by atoms with E-state index in [-0.39, 0.29) is 11.8 Å². The molecular formula is C18H26O3. The Kier molecular flexibility index (Phi) is 5.27. The molecule has 0 amide bonds. The highest BCUT2D eigenvalue weighted by molar-refractivity contribution is 5.71. The molecule has 2 rings (SSSR count). The second kappa shape index (κ2) is 6.97. The van der Waals surface area contributed by atoms with Crippen molar-refractivity contribution in [3.05, 3.63) is 29.8 Å². The monoisotopic (exact) mass is 290 g/mol. The minimum atomic E-state index is -0.663. The van der Waals surface area contributed by atoms with E-state index in [0.29, 0.717) is 18.3 Å². The fraction of sp³-hybridized carbons (Fsp3) is 0.611. The lowest BCUT2D eigenvalue weighted by molar-refractivity contribution is -0.144. The van der Waals surface area contributed by atoms with Crippen molar-refractivity contribution in [3.8, 4) is 5.75 Å². The Bertz CT molecular complexity index is 473. The Hall–Kier alpha value is -1.51. The van der Waals surface area contributed by atoms with Crippen molar-refractivity contribution in [3.63, 3.8) is 0 Å². The Balaban J connectivity index is 2.13. The first kappa shape index (κ1) is 15.9. The molecule has 0 radical (unpaired) electrons. The normalized spacial score (nSPS) is 27.1. The van der Waals surface area contributed by atoms with Gasteiger partial charge in [0.25, 0.3) is 0 Å². The molecule has 21 heavy (non-hydrogen) atoms. The van der Waals surface area contributed by atoms with Crippen LogP contribution >= 0.6 is 0 Å². The highest BCUT2D eigenvalue weighted by Gasteiger charge is 2.34. The van der Waals surface area contributed by atoms with Crippen LogP contribution in [0.2, 0.25) is 0 Å². The molecule has 1 aliphatic rings. The van der Waals surface area contributed by atoms with Gasteiger partial charge in [-0.25, -0.2) is 0 Å². The van der Waals surface area contributed by atoms with Crippen LogP contribution in [-0.2, 0) is 11.2 Å². The molecule has 3 atom stereocenters. The molecule has 116 valence electrons. The predicted molar refractivity (Wildman–Crippen MR) is 83.5 cm³/mol. The predicted octanol–water partition coefficient (Wildman–Crippen LogP) is 4.01. The van der Waals surface area contributed by atoms with Gasteiger partial charge in [-0.05, 0) is 61.1 Å². The van der Waals surface area contributed by atoms with E-state index in [0.717, 1.165) is 24.2 Å². The lowest BCUT2D eigenvalue weighted by Crippen LogP contribution is -2.32. The largest absolute Gasteiger partial charge is 0.497 e. The van der Waals surface area contributed by atoms with Crippen molar-refractivity contribution < 1.29 is 14.6 Å². The number of carbonyl (C=O) groups is 1. The zero-order chi connectivity index (χ0) is 15.4. The zero-order valence-electron chi connectivity index (χ0n) is 13.2. The van der Waals surface area contributed by atoms with Crippen LogP contribution in [0.4, 0.5) is 0 Å². The first-order chi connectivity index (χ1) is 9.99. The summed E-state index contributed by atoms with van der Waals surface area (Å²) < 4.78 is 5.23. The van der Waals surface area contributed by atoms with Gasteiger partial charge in [0.15, 0.2) is 0 Å². The molecule has 0 aromatic heterocycles. The number of hydrogen-bond donors (Lipinski definition) is 1. The molecule has 1 aliphatic carbocycles. The SMILES string of the molecule is COc1cccc(CC(C(=O)O)C2CC(C)CC(C)C2)c1. The molecular weight excluding hydrogens is 264 g/mol. The number of ether oxygens (including phenoxy) is 1. The van der Waals surface area contributed by atoms with Crippen molar-refractivity contribution >= 4 is 5.97 Å². The number of benzene rings is 1. The van der Waals surface area contributed by atoms with Gasteiger partial charge in [-0.2, -0.15) is 0 Å². The van der Waals surface area contributed by atoms with Gasteiger partial charge in [-0.1, -0.05) is 26.0 Å². The van der Waals surface area contributed by atoms with Gasteiger partial charge in [-0.15, -0.1) is 0 Å². The van der Waals surface area contributed by atoms with E-state index in [1.165, 1.54) is 6.42 Å². The highest BCUT2D eigenvalue weighted by Crippen LogP contribution is 2.38. The molecule has 3 nitrogen and oxygen atoms in total. The molecule has 0 heterocycles. The number of carboxylic acids is 1. The lowest BCUT2D eigenvalue weighted by atomic mass is 9.70. The van der Waals surface area contributed by atoms with Crippen molar-refractivity contribution in [1.29, 1.82) is 0 Å². The van der Waals surface area contributed by atoms with Crippen LogP contribution in [0, 0.1) is 23.7 Å². The molecule has 1 fully saturated rings. The molecule has 0 aliphatic heterocycles. The fourth-order valence-corrected chi connectivity index (χ4v) is 3.85. The Morgan fingerprint density at radius 3 is 2.52 bits per heavy atom. The smallest absolute Gasteiger partial charge is 0.307 e. The maximum Gasteiger partial charge on any atom is 0.307 e. The first-order valence-electron chi connectivity index (χ1n) is 7.85. The molecule has 3 heteroatoms. The Morgan fingerprint density at radius 1 is 1.29 bits per heavy atom. The summed E-state index contributed by atoms with van der Waals surface area (Å²) in [6.07, 6.45) is 3.88. The van der Waals surface area contributed by atoms with Crippen LogP contribution in [-0.4, -0.2) is 18.2 Å². The highest BCUT2D eigenvalue weighted by atomic mass is 16.5. The van der Waals surface area contributed by atoms with Crippen LogP contribution < -0.4 is 4.74 Å². The summed E-state index contributed by atoms with van der Waals surface area (Å²) in [7, 11) is 1.64. The molecule has 3 unspecified atom stereocenters. The van der Waals surface area contributed by atoms with Gasteiger partial charge in [0.1, 0.15) is 5.75 Å². The van der Waals surface area contributed by atoms with E-state index >= 15 is 0 Å². The molecule has 1 saturated carbocycles. The minimum Gasteiger partial charge on any atom is -0.497 e. The Labute approximate surface area is 127 Å². The maximum atomic E-state index is 11.7. The second-order valence-electron chi connectivity index (χ2n) is 6.68. The fourth-order valence-electron chi connectivity index (χ4n) is 3.85. The summed E-state index contributed by atoms with van der Waals surface area (Å²) in [5.41, 5.74) is 1.05.